The number of rotatable bonds is 3. The Morgan fingerprint density at radius 3 is 2.14 bits per heavy atom. The van der Waals surface area contributed by atoms with Crippen LogP contribution in [0.5, 0.6) is 0 Å². The summed E-state index contributed by atoms with van der Waals surface area (Å²) in [5.74, 6) is -2.83. The Labute approximate surface area is 130 Å². The summed E-state index contributed by atoms with van der Waals surface area (Å²) in [6, 6.07) is 11.7. The van der Waals surface area contributed by atoms with E-state index in [0.29, 0.717) is 5.02 Å². The molecule has 0 aliphatic heterocycles. The lowest BCUT2D eigenvalue weighted by molar-refractivity contribution is -0.255. The first-order valence-electron chi connectivity index (χ1n) is 6.15. The van der Waals surface area contributed by atoms with Gasteiger partial charge in [-0.05, 0) is 24.3 Å². The lowest BCUT2D eigenvalue weighted by atomic mass is 10.1. The zero-order valence-electron chi connectivity index (χ0n) is 11.1. The maximum absolute atomic E-state index is 11.9. The average Bonchev–Trinajstić information content (AvgIpc) is 2.52. The molecule has 0 aromatic heterocycles. The number of hydrogen-bond donors (Lipinski definition) is 2. The Kier molecular flexibility index (Phi) is 4.75. The molecule has 2 amide bonds. The predicted octanol–water partition coefficient (Wildman–Crippen LogP) is 0.778. The number of benzene rings is 2. The van der Waals surface area contributed by atoms with E-state index in [4.69, 9.17) is 11.6 Å². The molecule has 0 saturated carbocycles. The van der Waals surface area contributed by atoms with Gasteiger partial charge in [0.15, 0.2) is 0 Å². The van der Waals surface area contributed by atoms with Crippen molar-refractivity contribution in [3.63, 3.8) is 0 Å². The van der Waals surface area contributed by atoms with Crippen LogP contribution in [0.25, 0.3) is 0 Å². The molecule has 2 aromatic carbocycles. The van der Waals surface area contributed by atoms with Crippen molar-refractivity contribution in [3.8, 4) is 0 Å². The van der Waals surface area contributed by atoms with Crippen LogP contribution in [-0.4, -0.2) is 17.8 Å². The molecule has 0 aliphatic rings. The van der Waals surface area contributed by atoms with Crippen molar-refractivity contribution < 1.29 is 19.5 Å². The first-order valence-corrected chi connectivity index (χ1v) is 6.53. The molecular weight excluding hydrogens is 308 g/mol. The Balaban J connectivity index is 2.07. The van der Waals surface area contributed by atoms with Crippen molar-refractivity contribution >= 4 is 29.4 Å². The third kappa shape index (κ3) is 3.62. The van der Waals surface area contributed by atoms with Crippen LogP contribution in [0.15, 0.2) is 48.5 Å². The largest absolute Gasteiger partial charge is 0.545 e. The maximum Gasteiger partial charge on any atom is 0.270 e. The van der Waals surface area contributed by atoms with E-state index in [1.807, 2.05) is 0 Å². The minimum Gasteiger partial charge on any atom is -0.545 e. The number of carbonyl (C=O) groups is 3. The standard InChI is InChI=1S/C15H11ClN2O4/c16-10-5-3-4-9(8-10)13(19)17-18-14(20)11-6-1-2-7-12(11)15(21)22/h1-8H,(H,17,19)(H,18,20)(H,21,22)/p-1. The summed E-state index contributed by atoms with van der Waals surface area (Å²) in [6.45, 7) is 0. The third-order valence-corrected chi connectivity index (χ3v) is 3.00. The molecule has 7 heteroatoms. The molecule has 0 heterocycles. The zero-order chi connectivity index (χ0) is 16.1. The summed E-state index contributed by atoms with van der Waals surface area (Å²) in [4.78, 5) is 34.7. The normalized spacial score (nSPS) is 9.86. The number of hydrazine groups is 1. The van der Waals surface area contributed by atoms with Gasteiger partial charge in [0.05, 0.1) is 11.5 Å². The van der Waals surface area contributed by atoms with Gasteiger partial charge in [-0.2, -0.15) is 0 Å². The van der Waals surface area contributed by atoms with Crippen LogP contribution in [0.4, 0.5) is 0 Å². The van der Waals surface area contributed by atoms with Gasteiger partial charge in [-0.1, -0.05) is 35.9 Å². The third-order valence-electron chi connectivity index (χ3n) is 2.77. The summed E-state index contributed by atoms with van der Waals surface area (Å²) in [6.07, 6.45) is 0. The van der Waals surface area contributed by atoms with Crippen molar-refractivity contribution in [3.05, 3.63) is 70.2 Å². The minimum absolute atomic E-state index is 0.117. The van der Waals surface area contributed by atoms with Gasteiger partial charge in [0.2, 0.25) is 0 Å². The van der Waals surface area contributed by atoms with Gasteiger partial charge >= 0.3 is 0 Å². The van der Waals surface area contributed by atoms with Gasteiger partial charge in [-0.15, -0.1) is 0 Å². The van der Waals surface area contributed by atoms with Crippen LogP contribution in [0, 0.1) is 0 Å². The van der Waals surface area contributed by atoms with E-state index >= 15 is 0 Å². The number of carboxylic acid groups (broad SMARTS) is 1. The topological polar surface area (TPSA) is 98.3 Å². The van der Waals surface area contributed by atoms with Crippen molar-refractivity contribution in [1.29, 1.82) is 0 Å². The van der Waals surface area contributed by atoms with E-state index in [1.165, 1.54) is 36.4 Å². The highest BCUT2D eigenvalue weighted by atomic mass is 35.5. The molecule has 22 heavy (non-hydrogen) atoms. The second-order valence-electron chi connectivity index (χ2n) is 4.25. The first-order chi connectivity index (χ1) is 10.5. The average molecular weight is 318 g/mol. The van der Waals surface area contributed by atoms with E-state index in [2.05, 4.69) is 10.9 Å². The van der Waals surface area contributed by atoms with E-state index in [0.717, 1.165) is 0 Å². The summed E-state index contributed by atoms with van der Waals surface area (Å²) >= 11 is 5.76. The SMILES string of the molecule is O=C(NNC(=O)c1ccccc1C(=O)[O-])c1cccc(Cl)c1. The number of hydrogen-bond acceptors (Lipinski definition) is 4. The highest BCUT2D eigenvalue weighted by molar-refractivity contribution is 6.31. The van der Waals surface area contributed by atoms with Crippen LogP contribution < -0.4 is 16.0 Å². The molecule has 2 rings (SSSR count). The monoisotopic (exact) mass is 317 g/mol. The van der Waals surface area contributed by atoms with Crippen LogP contribution in [-0.2, 0) is 0 Å². The molecule has 0 unspecified atom stereocenters. The molecule has 0 saturated heterocycles. The van der Waals surface area contributed by atoms with Gasteiger partial charge < -0.3 is 9.90 Å². The molecule has 0 spiro atoms. The fourth-order valence-corrected chi connectivity index (χ4v) is 1.93. The maximum atomic E-state index is 11.9. The van der Waals surface area contributed by atoms with Gasteiger partial charge in [-0.3, -0.25) is 20.4 Å². The van der Waals surface area contributed by atoms with E-state index in [9.17, 15) is 19.5 Å². The molecule has 0 bridgehead atoms. The Hall–Kier alpha value is -2.86. The molecule has 0 aliphatic carbocycles. The van der Waals surface area contributed by atoms with Crippen LogP contribution in [0.3, 0.4) is 0 Å². The smallest absolute Gasteiger partial charge is 0.270 e. The quantitative estimate of drug-likeness (QED) is 0.817. The lowest BCUT2D eigenvalue weighted by Crippen LogP contribution is -2.42. The van der Waals surface area contributed by atoms with Crippen molar-refractivity contribution in [1.82, 2.24) is 10.9 Å². The number of nitrogens with one attached hydrogen (secondary N) is 2. The summed E-state index contributed by atoms with van der Waals surface area (Å²) < 4.78 is 0. The molecular formula is C15H10ClN2O4-. The van der Waals surface area contributed by atoms with Crippen molar-refractivity contribution in [2.75, 3.05) is 0 Å². The van der Waals surface area contributed by atoms with Crippen LogP contribution >= 0.6 is 11.6 Å². The van der Waals surface area contributed by atoms with Gasteiger partial charge in [-0.25, -0.2) is 0 Å². The summed E-state index contributed by atoms with van der Waals surface area (Å²) in [5.41, 5.74) is 4.19. The van der Waals surface area contributed by atoms with Gasteiger partial charge in [0.1, 0.15) is 0 Å². The Bertz CT molecular complexity index is 746. The van der Waals surface area contributed by atoms with Gasteiger partial charge in [0, 0.05) is 16.1 Å². The van der Waals surface area contributed by atoms with Crippen molar-refractivity contribution in [2.45, 2.75) is 0 Å². The number of halogens is 1. The Morgan fingerprint density at radius 1 is 0.864 bits per heavy atom. The number of carbonyl (C=O) groups excluding carboxylic acids is 3. The van der Waals surface area contributed by atoms with Crippen LogP contribution in [0.2, 0.25) is 5.02 Å². The molecule has 6 nitrogen and oxygen atoms in total. The highest BCUT2D eigenvalue weighted by Gasteiger charge is 2.13. The molecule has 112 valence electrons. The molecule has 2 N–H and O–H groups in total. The fraction of sp³-hybridized carbons (Fsp3) is 0. The number of aromatic carboxylic acids is 1. The number of carboxylic acids is 1. The van der Waals surface area contributed by atoms with E-state index in [1.54, 1.807) is 12.1 Å². The Morgan fingerprint density at radius 2 is 1.50 bits per heavy atom. The van der Waals surface area contributed by atoms with E-state index in [-0.39, 0.29) is 16.7 Å². The van der Waals surface area contributed by atoms with Crippen molar-refractivity contribution in [2.24, 2.45) is 0 Å². The fourth-order valence-electron chi connectivity index (χ4n) is 1.74. The minimum atomic E-state index is -1.48. The molecule has 0 fully saturated rings. The second kappa shape index (κ2) is 6.73. The number of amides is 2. The second-order valence-corrected chi connectivity index (χ2v) is 4.69. The predicted molar refractivity (Wildman–Crippen MR) is 77.2 cm³/mol. The molecule has 0 atom stereocenters. The highest BCUT2D eigenvalue weighted by Crippen LogP contribution is 2.10. The first kappa shape index (κ1) is 15.5. The summed E-state index contributed by atoms with van der Waals surface area (Å²) in [5, 5.41) is 11.3. The van der Waals surface area contributed by atoms with Gasteiger partial charge in [0.25, 0.3) is 11.8 Å². The lowest BCUT2D eigenvalue weighted by Gasteiger charge is -2.11. The van der Waals surface area contributed by atoms with Crippen LogP contribution in [0.1, 0.15) is 31.1 Å². The zero-order valence-corrected chi connectivity index (χ0v) is 11.9. The molecule has 2 aromatic rings. The molecule has 0 radical (unpaired) electrons. The van der Waals surface area contributed by atoms with E-state index < -0.39 is 17.8 Å². The summed E-state index contributed by atoms with van der Waals surface area (Å²) in [7, 11) is 0.